The molecule has 2 heterocycles. The van der Waals surface area contributed by atoms with Crippen LogP contribution in [0.3, 0.4) is 0 Å². The number of para-hydroxylation sites is 2. The minimum Gasteiger partial charge on any atom is -0.455 e. The predicted molar refractivity (Wildman–Crippen MR) is 232 cm³/mol. The minimum absolute atomic E-state index is 0.0321. The van der Waals surface area contributed by atoms with E-state index in [9.17, 15) is 0 Å². The van der Waals surface area contributed by atoms with Gasteiger partial charge in [0.05, 0.1) is 11.4 Å². The molecule has 0 spiro atoms. The van der Waals surface area contributed by atoms with E-state index in [4.69, 9.17) is 14.4 Å². The fourth-order valence-corrected chi connectivity index (χ4v) is 8.99. The number of hydrogen-bond acceptors (Lipinski definition) is 3. The lowest BCUT2D eigenvalue weighted by molar-refractivity contribution is 0.660. The quantitative estimate of drug-likeness (QED) is 0.178. The fraction of sp³-hybridized carbons (Fsp3) is 0.0566. The molecule has 1 aliphatic rings. The molecule has 1 aliphatic carbocycles. The minimum atomic E-state index is -0.0321. The largest absolute Gasteiger partial charge is 0.455 e. The number of rotatable bonds is 5. The highest BCUT2D eigenvalue weighted by Crippen LogP contribution is 2.52. The van der Waals surface area contributed by atoms with Crippen molar-refractivity contribution in [2.75, 3.05) is 0 Å². The third-order valence-corrected chi connectivity index (χ3v) is 11.8. The van der Waals surface area contributed by atoms with Gasteiger partial charge in [-0.15, -0.1) is 0 Å². The Bertz CT molecular complexity index is 3150. The molecule has 0 bridgehead atoms. The molecule has 0 radical (unpaired) electrons. The molecule has 264 valence electrons. The van der Waals surface area contributed by atoms with E-state index in [0.717, 1.165) is 55.4 Å². The highest BCUT2D eigenvalue weighted by molar-refractivity contribution is 6.10. The van der Waals surface area contributed by atoms with Crippen LogP contribution in [0, 0.1) is 0 Å². The average molecular weight is 717 g/mol. The lowest BCUT2D eigenvalue weighted by atomic mass is 9.82. The predicted octanol–water partition coefficient (Wildman–Crippen LogP) is 14.2. The first-order chi connectivity index (χ1) is 27.5. The first-order valence-corrected chi connectivity index (χ1v) is 19.2. The molecule has 0 saturated heterocycles. The molecule has 2 aromatic heterocycles. The highest BCUT2D eigenvalue weighted by atomic mass is 16.3. The normalized spacial score (nSPS) is 13.0. The molecule has 0 N–H and O–H groups in total. The topological polar surface area (TPSA) is 38.9 Å². The van der Waals surface area contributed by atoms with Crippen LogP contribution in [-0.4, -0.2) is 9.97 Å². The molecule has 0 amide bonds. The number of furan rings is 1. The van der Waals surface area contributed by atoms with Crippen LogP contribution in [0.15, 0.2) is 186 Å². The Labute approximate surface area is 325 Å². The van der Waals surface area contributed by atoms with Crippen molar-refractivity contribution in [3.8, 4) is 67.3 Å². The Kier molecular flexibility index (Phi) is 7.20. The molecular formula is C53H36N2O. The van der Waals surface area contributed by atoms with E-state index < -0.39 is 0 Å². The van der Waals surface area contributed by atoms with Crippen LogP contribution in [-0.2, 0) is 5.41 Å². The summed E-state index contributed by atoms with van der Waals surface area (Å²) in [4.78, 5) is 10.4. The summed E-state index contributed by atoms with van der Waals surface area (Å²) < 4.78 is 6.49. The molecule has 0 atom stereocenters. The van der Waals surface area contributed by atoms with E-state index in [1.807, 2.05) is 30.3 Å². The maximum Gasteiger partial charge on any atom is 0.160 e. The van der Waals surface area contributed by atoms with Gasteiger partial charge in [-0.3, -0.25) is 0 Å². The molecule has 0 aliphatic heterocycles. The van der Waals surface area contributed by atoms with Gasteiger partial charge in [0.2, 0.25) is 0 Å². The summed E-state index contributed by atoms with van der Waals surface area (Å²) in [5.74, 6) is 0.674. The standard InChI is InChI=1S/C53H36N2O/c1-53(2)45-23-10-8-19-43(45)50-37(20-13-24-46(50)53)34-28-26-33(27-29-34)36-30-31-40(39-17-7-6-16-38(36)39)47-32-48(55-52(54-47)35-14-4-3-5-15-35)44-22-12-21-42-41-18-9-11-25-49(41)56-51(42)44/h3-32H,1-2H3. The third kappa shape index (κ3) is 4.98. The van der Waals surface area contributed by atoms with Gasteiger partial charge >= 0.3 is 0 Å². The van der Waals surface area contributed by atoms with Crippen LogP contribution in [0.2, 0.25) is 0 Å². The SMILES string of the molecule is CC1(C)c2ccccc2-c2c(-c3ccc(-c4ccc(-c5cc(-c6cccc7c6oc6ccccc67)nc(-c6ccccc6)n5)c5ccccc45)cc3)cccc21. The Morgan fingerprint density at radius 2 is 0.946 bits per heavy atom. The van der Waals surface area contributed by atoms with Crippen LogP contribution in [0.4, 0.5) is 0 Å². The van der Waals surface area contributed by atoms with E-state index >= 15 is 0 Å². The van der Waals surface area contributed by atoms with Crippen LogP contribution in [0.25, 0.3) is 100.0 Å². The van der Waals surface area contributed by atoms with E-state index in [0.29, 0.717) is 5.82 Å². The Balaban J connectivity index is 1.04. The molecule has 0 fully saturated rings. The second kappa shape index (κ2) is 12.5. The van der Waals surface area contributed by atoms with E-state index in [-0.39, 0.29) is 5.41 Å². The van der Waals surface area contributed by atoms with E-state index in [1.54, 1.807) is 0 Å². The molecule has 11 rings (SSSR count). The summed E-state index contributed by atoms with van der Waals surface area (Å²) in [6, 6.07) is 64.7. The monoisotopic (exact) mass is 716 g/mol. The van der Waals surface area contributed by atoms with Crippen molar-refractivity contribution in [2.45, 2.75) is 19.3 Å². The first-order valence-electron chi connectivity index (χ1n) is 19.2. The Morgan fingerprint density at radius 3 is 1.75 bits per heavy atom. The summed E-state index contributed by atoms with van der Waals surface area (Å²) >= 11 is 0. The van der Waals surface area contributed by atoms with Crippen LogP contribution in [0.1, 0.15) is 25.0 Å². The van der Waals surface area contributed by atoms with Gasteiger partial charge in [-0.25, -0.2) is 9.97 Å². The van der Waals surface area contributed by atoms with Gasteiger partial charge in [0.1, 0.15) is 11.2 Å². The van der Waals surface area contributed by atoms with Gasteiger partial charge in [-0.05, 0) is 73.5 Å². The lowest BCUT2D eigenvalue weighted by Crippen LogP contribution is -2.14. The van der Waals surface area contributed by atoms with Crippen molar-refractivity contribution in [1.82, 2.24) is 9.97 Å². The van der Waals surface area contributed by atoms with E-state index in [1.165, 1.54) is 49.9 Å². The second-order valence-electron chi connectivity index (χ2n) is 15.3. The molecule has 0 unspecified atom stereocenters. The van der Waals surface area contributed by atoms with Crippen LogP contribution < -0.4 is 0 Å². The van der Waals surface area contributed by atoms with Gasteiger partial charge in [-0.1, -0.05) is 178 Å². The maximum absolute atomic E-state index is 6.49. The first kappa shape index (κ1) is 32.3. The Hall–Kier alpha value is -7.10. The summed E-state index contributed by atoms with van der Waals surface area (Å²) in [7, 11) is 0. The van der Waals surface area contributed by atoms with Gasteiger partial charge in [-0.2, -0.15) is 0 Å². The molecule has 10 aromatic rings. The summed E-state index contributed by atoms with van der Waals surface area (Å²) in [5, 5.41) is 4.48. The van der Waals surface area contributed by atoms with Crippen molar-refractivity contribution in [3.05, 3.63) is 193 Å². The molecule has 3 nitrogen and oxygen atoms in total. The van der Waals surface area contributed by atoms with Crippen LogP contribution in [0.5, 0.6) is 0 Å². The molecule has 8 aromatic carbocycles. The van der Waals surface area contributed by atoms with Gasteiger partial charge in [0.15, 0.2) is 5.82 Å². The smallest absolute Gasteiger partial charge is 0.160 e. The fourth-order valence-electron chi connectivity index (χ4n) is 8.99. The van der Waals surface area contributed by atoms with Gasteiger partial charge < -0.3 is 4.42 Å². The third-order valence-electron chi connectivity index (χ3n) is 11.8. The summed E-state index contributed by atoms with van der Waals surface area (Å²) in [6.45, 7) is 4.68. The average Bonchev–Trinajstić information content (AvgIpc) is 3.76. The summed E-state index contributed by atoms with van der Waals surface area (Å²) in [6.07, 6.45) is 0. The molecular weight excluding hydrogens is 681 g/mol. The number of hydrogen-bond donors (Lipinski definition) is 0. The molecule has 56 heavy (non-hydrogen) atoms. The molecule has 0 saturated carbocycles. The van der Waals surface area contributed by atoms with E-state index in [2.05, 4.69) is 166 Å². The van der Waals surface area contributed by atoms with Crippen molar-refractivity contribution < 1.29 is 4.42 Å². The lowest BCUT2D eigenvalue weighted by Gasteiger charge is -2.21. The van der Waals surface area contributed by atoms with Gasteiger partial charge in [0.25, 0.3) is 0 Å². The molecule has 3 heteroatoms. The number of fused-ring (bicyclic) bond motifs is 7. The van der Waals surface area contributed by atoms with Gasteiger partial charge in [0, 0.05) is 32.9 Å². The Morgan fingerprint density at radius 1 is 0.393 bits per heavy atom. The van der Waals surface area contributed by atoms with Crippen molar-refractivity contribution in [1.29, 1.82) is 0 Å². The van der Waals surface area contributed by atoms with Crippen LogP contribution >= 0.6 is 0 Å². The zero-order chi connectivity index (χ0) is 37.4. The summed E-state index contributed by atoms with van der Waals surface area (Å²) in [5.41, 5.74) is 16.6. The zero-order valence-electron chi connectivity index (χ0n) is 31.1. The number of benzene rings is 8. The van der Waals surface area contributed by atoms with Crippen molar-refractivity contribution in [3.63, 3.8) is 0 Å². The second-order valence-corrected chi connectivity index (χ2v) is 15.3. The zero-order valence-corrected chi connectivity index (χ0v) is 31.1. The maximum atomic E-state index is 6.49. The number of nitrogens with zero attached hydrogens (tertiary/aromatic N) is 2. The van der Waals surface area contributed by atoms with Crippen molar-refractivity contribution >= 4 is 32.7 Å². The highest BCUT2D eigenvalue weighted by Gasteiger charge is 2.36. The van der Waals surface area contributed by atoms with Crippen molar-refractivity contribution in [2.24, 2.45) is 0 Å². The number of aromatic nitrogens is 2.